The normalized spacial score (nSPS) is 12.2. The molecule has 0 radical (unpaired) electrons. The predicted molar refractivity (Wildman–Crippen MR) is 86.6 cm³/mol. The van der Waals surface area contributed by atoms with E-state index in [1.54, 1.807) is 7.11 Å². The number of amides is 1. The second-order valence-corrected chi connectivity index (χ2v) is 5.48. The number of nitrogens with one attached hydrogen (secondary N) is 1. The van der Waals surface area contributed by atoms with Crippen LogP contribution in [0.2, 0.25) is 0 Å². The smallest absolute Gasteiger partial charge is 0.220 e. The Kier molecular flexibility index (Phi) is 7.83. The van der Waals surface area contributed by atoms with Gasteiger partial charge in [0.2, 0.25) is 5.91 Å². The zero-order valence-corrected chi connectivity index (χ0v) is 13.7. The molecule has 1 aromatic rings. The summed E-state index contributed by atoms with van der Waals surface area (Å²) in [7, 11) is 5.70. The van der Waals surface area contributed by atoms with Gasteiger partial charge in [0, 0.05) is 18.5 Å². The Bertz CT molecular complexity index is 433. The molecule has 4 nitrogen and oxygen atoms in total. The maximum atomic E-state index is 11.9. The van der Waals surface area contributed by atoms with E-state index < -0.39 is 0 Å². The van der Waals surface area contributed by atoms with Crippen molar-refractivity contribution in [2.45, 2.75) is 38.6 Å². The summed E-state index contributed by atoms with van der Waals surface area (Å²) in [6, 6.07) is 8.06. The molecule has 1 N–H and O–H groups in total. The van der Waals surface area contributed by atoms with E-state index in [0.29, 0.717) is 13.0 Å². The molecule has 0 saturated carbocycles. The molecule has 0 spiro atoms. The highest BCUT2D eigenvalue weighted by Crippen LogP contribution is 2.27. The summed E-state index contributed by atoms with van der Waals surface area (Å²) < 4.78 is 5.42. The van der Waals surface area contributed by atoms with E-state index >= 15 is 0 Å². The molecule has 1 amide bonds. The number of likely N-dealkylation sites (N-methyl/N-ethyl adjacent to an activating group) is 1. The first-order valence-corrected chi connectivity index (χ1v) is 7.66. The van der Waals surface area contributed by atoms with Crippen molar-refractivity contribution in [1.82, 2.24) is 10.2 Å². The number of para-hydroxylation sites is 1. The first kappa shape index (κ1) is 17.5. The van der Waals surface area contributed by atoms with Gasteiger partial charge in [-0.1, -0.05) is 38.0 Å². The fraction of sp³-hybridized carbons (Fsp3) is 0.588. The second-order valence-electron chi connectivity index (χ2n) is 5.48. The first-order chi connectivity index (χ1) is 10.1. The zero-order valence-electron chi connectivity index (χ0n) is 13.7. The van der Waals surface area contributed by atoms with Gasteiger partial charge in [-0.3, -0.25) is 4.79 Å². The van der Waals surface area contributed by atoms with Gasteiger partial charge >= 0.3 is 0 Å². The average molecular weight is 292 g/mol. The van der Waals surface area contributed by atoms with E-state index in [0.717, 1.165) is 30.6 Å². The molecule has 1 rings (SSSR count). The molecule has 1 aromatic carbocycles. The Morgan fingerprint density at radius 2 is 2.00 bits per heavy atom. The van der Waals surface area contributed by atoms with Crippen LogP contribution in [0.5, 0.6) is 5.75 Å². The summed E-state index contributed by atoms with van der Waals surface area (Å²) in [6.07, 6.45) is 3.81. The molecule has 0 aliphatic heterocycles. The van der Waals surface area contributed by atoms with Crippen molar-refractivity contribution in [3.63, 3.8) is 0 Å². The molecule has 1 unspecified atom stereocenters. The Hall–Kier alpha value is -1.55. The van der Waals surface area contributed by atoms with Crippen LogP contribution in [0, 0.1) is 0 Å². The van der Waals surface area contributed by atoms with Crippen LogP contribution in [0.25, 0.3) is 0 Å². The number of ether oxygens (including phenoxy) is 1. The molecule has 0 saturated heterocycles. The van der Waals surface area contributed by atoms with Crippen LogP contribution >= 0.6 is 0 Å². The van der Waals surface area contributed by atoms with Gasteiger partial charge in [0.1, 0.15) is 5.75 Å². The summed E-state index contributed by atoms with van der Waals surface area (Å²) in [6.45, 7) is 2.74. The largest absolute Gasteiger partial charge is 0.496 e. The van der Waals surface area contributed by atoms with Crippen LogP contribution in [0.15, 0.2) is 24.3 Å². The van der Waals surface area contributed by atoms with E-state index in [-0.39, 0.29) is 11.9 Å². The zero-order chi connectivity index (χ0) is 15.7. The first-order valence-electron chi connectivity index (χ1n) is 7.66. The maximum absolute atomic E-state index is 11.9. The SMILES string of the molecule is CCCCCC(=O)NCC(c1ccccc1OC)N(C)C. The molecule has 118 valence electrons. The molecule has 0 aliphatic rings. The minimum Gasteiger partial charge on any atom is -0.496 e. The number of methoxy groups -OCH3 is 1. The number of carbonyl (C=O) groups excluding carboxylic acids is 1. The van der Waals surface area contributed by atoms with Gasteiger partial charge in [0.25, 0.3) is 0 Å². The average Bonchev–Trinajstić information content (AvgIpc) is 2.48. The summed E-state index contributed by atoms with van der Waals surface area (Å²) in [5, 5.41) is 3.04. The Balaban J connectivity index is 2.64. The van der Waals surface area contributed by atoms with E-state index in [1.165, 1.54) is 0 Å². The van der Waals surface area contributed by atoms with Crippen LogP contribution in [0.4, 0.5) is 0 Å². The molecular formula is C17H28N2O2. The number of rotatable bonds is 9. The van der Waals surface area contributed by atoms with E-state index in [9.17, 15) is 4.79 Å². The van der Waals surface area contributed by atoms with Crippen LogP contribution in [0.1, 0.15) is 44.2 Å². The van der Waals surface area contributed by atoms with Crippen molar-refractivity contribution >= 4 is 5.91 Å². The summed E-state index contributed by atoms with van der Waals surface area (Å²) in [4.78, 5) is 14.0. The monoisotopic (exact) mass is 292 g/mol. The van der Waals surface area contributed by atoms with Gasteiger partial charge < -0.3 is 15.0 Å². The summed E-state index contributed by atoms with van der Waals surface area (Å²) in [5.41, 5.74) is 1.10. The molecule has 1 atom stereocenters. The van der Waals surface area contributed by atoms with Crippen LogP contribution < -0.4 is 10.1 Å². The molecule has 0 bridgehead atoms. The van der Waals surface area contributed by atoms with Crippen LogP contribution in [-0.4, -0.2) is 38.6 Å². The highest BCUT2D eigenvalue weighted by molar-refractivity contribution is 5.75. The summed E-state index contributed by atoms with van der Waals surface area (Å²) in [5.74, 6) is 0.988. The number of carbonyl (C=O) groups is 1. The highest BCUT2D eigenvalue weighted by Gasteiger charge is 2.18. The quantitative estimate of drug-likeness (QED) is 0.711. The number of hydrogen-bond acceptors (Lipinski definition) is 3. The van der Waals surface area contributed by atoms with Crippen LogP contribution in [0.3, 0.4) is 0 Å². The molecule has 0 aromatic heterocycles. The maximum Gasteiger partial charge on any atom is 0.220 e. The lowest BCUT2D eigenvalue weighted by Crippen LogP contribution is -2.34. The van der Waals surface area contributed by atoms with Crippen molar-refractivity contribution in [2.75, 3.05) is 27.7 Å². The fourth-order valence-electron chi connectivity index (χ4n) is 2.35. The van der Waals surface area contributed by atoms with Gasteiger partial charge in [-0.2, -0.15) is 0 Å². The van der Waals surface area contributed by atoms with Gasteiger partial charge in [-0.15, -0.1) is 0 Å². The molecule has 0 heterocycles. The lowest BCUT2D eigenvalue weighted by atomic mass is 10.0. The minimum atomic E-state index is 0.108. The Labute approximate surface area is 128 Å². The van der Waals surface area contributed by atoms with Gasteiger partial charge in [-0.25, -0.2) is 0 Å². The lowest BCUT2D eigenvalue weighted by Gasteiger charge is -2.26. The summed E-state index contributed by atoms with van der Waals surface area (Å²) >= 11 is 0. The molecule has 0 fully saturated rings. The van der Waals surface area contributed by atoms with Gasteiger partial charge in [-0.05, 0) is 26.6 Å². The molecule has 21 heavy (non-hydrogen) atoms. The lowest BCUT2D eigenvalue weighted by molar-refractivity contribution is -0.121. The molecule has 4 heteroatoms. The third-order valence-corrected chi connectivity index (χ3v) is 3.62. The van der Waals surface area contributed by atoms with Gasteiger partial charge in [0.15, 0.2) is 0 Å². The Morgan fingerprint density at radius 1 is 1.29 bits per heavy atom. The second kappa shape index (κ2) is 9.40. The van der Waals surface area contributed by atoms with Gasteiger partial charge in [0.05, 0.1) is 13.2 Å². The van der Waals surface area contributed by atoms with E-state index in [2.05, 4.69) is 17.1 Å². The van der Waals surface area contributed by atoms with Crippen LogP contribution in [-0.2, 0) is 4.79 Å². The Morgan fingerprint density at radius 3 is 2.62 bits per heavy atom. The van der Waals surface area contributed by atoms with E-state index in [4.69, 9.17) is 4.74 Å². The number of benzene rings is 1. The molecule has 0 aliphatic carbocycles. The highest BCUT2D eigenvalue weighted by atomic mass is 16.5. The molecular weight excluding hydrogens is 264 g/mol. The van der Waals surface area contributed by atoms with Crippen molar-refractivity contribution in [1.29, 1.82) is 0 Å². The minimum absolute atomic E-state index is 0.108. The predicted octanol–water partition coefficient (Wildman–Crippen LogP) is 2.99. The third-order valence-electron chi connectivity index (χ3n) is 3.62. The topological polar surface area (TPSA) is 41.6 Å². The van der Waals surface area contributed by atoms with Crippen molar-refractivity contribution in [2.24, 2.45) is 0 Å². The fourth-order valence-corrected chi connectivity index (χ4v) is 2.35. The van der Waals surface area contributed by atoms with Crippen molar-refractivity contribution < 1.29 is 9.53 Å². The third kappa shape index (κ3) is 5.76. The number of nitrogens with zero attached hydrogens (tertiary/aromatic N) is 1. The number of hydrogen-bond donors (Lipinski definition) is 1. The van der Waals surface area contributed by atoms with E-state index in [1.807, 2.05) is 38.4 Å². The standard InChI is InChI=1S/C17H28N2O2/c1-5-6-7-12-17(20)18-13-15(19(2)3)14-10-8-9-11-16(14)21-4/h8-11,15H,5-7,12-13H2,1-4H3,(H,18,20). The van der Waals surface area contributed by atoms with Crippen molar-refractivity contribution in [3.8, 4) is 5.75 Å². The van der Waals surface area contributed by atoms with Crippen molar-refractivity contribution in [3.05, 3.63) is 29.8 Å². The number of unbranched alkanes of at least 4 members (excludes halogenated alkanes) is 2.